The molecule has 2 aromatic carbocycles. The van der Waals surface area contributed by atoms with E-state index in [1.54, 1.807) is 37.3 Å². The van der Waals surface area contributed by atoms with Crippen LogP contribution < -0.4 is 19.1 Å². The van der Waals surface area contributed by atoms with Crippen LogP contribution in [-0.2, 0) is 4.74 Å². The van der Waals surface area contributed by atoms with E-state index in [0.717, 1.165) is 35.6 Å². The summed E-state index contributed by atoms with van der Waals surface area (Å²) in [6.45, 7) is 6.87. The van der Waals surface area contributed by atoms with Crippen LogP contribution in [0.15, 0.2) is 36.4 Å². The number of thiazole rings is 1. The van der Waals surface area contributed by atoms with Gasteiger partial charge in [-0.2, -0.15) is 0 Å². The van der Waals surface area contributed by atoms with Crippen LogP contribution in [0.25, 0.3) is 10.2 Å². The van der Waals surface area contributed by atoms with E-state index in [2.05, 4.69) is 4.90 Å². The topological polar surface area (TPSA) is 73.4 Å². The van der Waals surface area contributed by atoms with E-state index in [9.17, 15) is 4.79 Å². The molecule has 0 aliphatic carbocycles. The van der Waals surface area contributed by atoms with Gasteiger partial charge in [-0.1, -0.05) is 17.4 Å². The van der Waals surface area contributed by atoms with Crippen LogP contribution in [-0.4, -0.2) is 76.0 Å². The van der Waals surface area contributed by atoms with Crippen molar-refractivity contribution in [2.45, 2.75) is 6.92 Å². The van der Waals surface area contributed by atoms with E-state index in [1.165, 1.54) is 11.3 Å². The van der Waals surface area contributed by atoms with Crippen molar-refractivity contribution in [1.82, 2.24) is 9.88 Å². The zero-order valence-corrected chi connectivity index (χ0v) is 20.0. The first kappa shape index (κ1) is 23.3. The second-order valence-electron chi connectivity index (χ2n) is 7.51. The lowest BCUT2D eigenvalue weighted by Crippen LogP contribution is -2.43. The predicted molar refractivity (Wildman–Crippen MR) is 129 cm³/mol. The average molecular weight is 472 g/mol. The van der Waals surface area contributed by atoms with Gasteiger partial charge in [-0.15, -0.1) is 0 Å². The molecule has 176 valence electrons. The summed E-state index contributed by atoms with van der Waals surface area (Å²) < 4.78 is 22.9. The monoisotopic (exact) mass is 471 g/mol. The number of aromatic nitrogens is 1. The Kier molecular flexibility index (Phi) is 7.64. The van der Waals surface area contributed by atoms with Crippen molar-refractivity contribution in [2.75, 3.05) is 65.1 Å². The molecule has 3 aromatic rings. The van der Waals surface area contributed by atoms with Gasteiger partial charge in [-0.3, -0.25) is 14.6 Å². The van der Waals surface area contributed by atoms with Crippen LogP contribution >= 0.6 is 11.3 Å². The number of morpholine rings is 1. The van der Waals surface area contributed by atoms with Gasteiger partial charge in [-0.05, 0) is 37.3 Å². The van der Waals surface area contributed by atoms with Gasteiger partial charge in [0.2, 0.25) is 0 Å². The van der Waals surface area contributed by atoms with Crippen molar-refractivity contribution < 1.29 is 23.7 Å². The number of benzene rings is 2. The first-order chi connectivity index (χ1) is 16.1. The molecule has 0 atom stereocenters. The SMILES string of the molecule is CCOc1cccc2sc(N(CCN3CCOCC3)C(=O)c3ccc(OC)c(OC)c3)nc12. The molecule has 0 spiro atoms. The fourth-order valence-electron chi connectivity index (χ4n) is 3.77. The Labute approximate surface area is 197 Å². The van der Waals surface area contributed by atoms with E-state index in [1.807, 2.05) is 25.1 Å². The Morgan fingerprint density at radius 3 is 2.64 bits per heavy atom. The molecule has 1 aliphatic heterocycles. The smallest absolute Gasteiger partial charge is 0.260 e. The van der Waals surface area contributed by atoms with E-state index in [0.29, 0.717) is 48.6 Å². The maximum absolute atomic E-state index is 13.7. The van der Waals surface area contributed by atoms with Crippen LogP contribution in [0.5, 0.6) is 17.2 Å². The van der Waals surface area contributed by atoms with Crippen molar-refractivity contribution >= 4 is 32.6 Å². The van der Waals surface area contributed by atoms with E-state index in [4.69, 9.17) is 23.9 Å². The normalized spacial score (nSPS) is 14.3. The standard InChI is InChI=1S/C24H29N3O5S/c1-4-32-19-6-5-7-21-22(19)25-24(33-21)27(11-10-26-12-14-31-15-13-26)23(28)17-8-9-18(29-2)20(16-17)30-3/h5-9,16H,4,10-15H2,1-3H3. The van der Waals surface area contributed by atoms with E-state index < -0.39 is 0 Å². The lowest BCUT2D eigenvalue weighted by Gasteiger charge is -2.29. The molecule has 0 radical (unpaired) electrons. The lowest BCUT2D eigenvalue weighted by molar-refractivity contribution is 0.0391. The highest BCUT2D eigenvalue weighted by molar-refractivity contribution is 7.22. The number of amides is 1. The molecule has 0 saturated carbocycles. The third kappa shape index (κ3) is 5.21. The summed E-state index contributed by atoms with van der Waals surface area (Å²) in [6, 6.07) is 11.1. The first-order valence-electron chi connectivity index (χ1n) is 11.0. The van der Waals surface area contributed by atoms with Crippen LogP contribution in [0.4, 0.5) is 5.13 Å². The molecular formula is C24H29N3O5S. The van der Waals surface area contributed by atoms with Gasteiger partial charge < -0.3 is 18.9 Å². The van der Waals surface area contributed by atoms with Gasteiger partial charge in [0.15, 0.2) is 16.6 Å². The van der Waals surface area contributed by atoms with Crippen LogP contribution in [0.3, 0.4) is 0 Å². The van der Waals surface area contributed by atoms with Crippen molar-refractivity contribution in [3.05, 3.63) is 42.0 Å². The minimum Gasteiger partial charge on any atom is -0.493 e. The van der Waals surface area contributed by atoms with E-state index >= 15 is 0 Å². The van der Waals surface area contributed by atoms with Gasteiger partial charge >= 0.3 is 0 Å². The molecule has 0 N–H and O–H groups in total. The molecule has 1 aromatic heterocycles. The average Bonchev–Trinajstić information content (AvgIpc) is 3.29. The lowest BCUT2D eigenvalue weighted by atomic mass is 10.1. The number of hydrogen-bond acceptors (Lipinski definition) is 8. The van der Waals surface area contributed by atoms with Gasteiger partial charge in [0.1, 0.15) is 11.3 Å². The van der Waals surface area contributed by atoms with Gasteiger partial charge in [0.05, 0.1) is 38.7 Å². The number of fused-ring (bicyclic) bond motifs is 1. The number of anilines is 1. The molecule has 33 heavy (non-hydrogen) atoms. The number of carbonyl (C=O) groups is 1. The Balaban J connectivity index is 1.68. The number of para-hydroxylation sites is 1. The van der Waals surface area contributed by atoms with Crippen LogP contribution in [0, 0.1) is 0 Å². The van der Waals surface area contributed by atoms with Crippen molar-refractivity contribution in [3.63, 3.8) is 0 Å². The van der Waals surface area contributed by atoms with Crippen molar-refractivity contribution in [2.24, 2.45) is 0 Å². The molecule has 9 heteroatoms. The van der Waals surface area contributed by atoms with Crippen molar-refractivity contribution in [3.8, 4) is 17.2 Å². The minimum atomic E-state index is -0.138. The molecule has 8 nitrogen and oxygen atoms in total. The number of hydrogen-bond donors (Lipinski definition) is 0. The summed E-state index contributed by atoms with van der Waals surface area (Å²) in [5.41, 5.74) is 1.29. The summed E-state index contributed by atoms with van der Waals surface area (Å²) in [5, 5.41) is 0.644. The minimum absolute atomic E-state index is 0.138. The number of methoxy groups -OCH3 is 2. The highest BCUT2D eigenvalue weighted by atomic mass is 32.1. The second kappa shape index (κ2) is 10.8. The predicted octanol–water partition coefficient (Wildman–Crippen LogP) is 3.69. The summed E-state index contributed by atoms with van der Waals surface area (Å²) in [7, 11) is 3.14. The Bertz CT molecular complexity index is 1100. The third-order valence-electron chi connectivity index (χ3n) is 5.52. The molecule has 0 unspecified atom stereocenters. The molecule has 1 aliphatic rings. The number of nitrogens with zero attached hydrogens (tertiary/aromatic N) is 3. The summed E-state index contributed by atoms with van der Waals surface area (Å²) >= 11 is 1.49. The molecule has 1 amide bonds. The van der Waals surface area contributed by atoms with Gasteiger partial charge in [-0.25, -0.2) is 4.98 Å². The Morgan fingerprint density at radius 1 is 1.12 bits per heavy atom. The van der Waals surface area contributed by atoms with Gasteiger partial charge in [0.25, 0.3) is 5.91 Å². The quantitative estimate of drug-likeness (QED) is 0.471. The first-order valence-corrected chi connectivity index (χ1v) is 11.8. The Hall–Kier alpha value is -2.88. The number of rotatable bonds is 9. The Morgan fingerprint density at radius 2 is 1.91 bits per heavy atom. The van der Waals surface area contributed by atoms with Crippen molar-refractivity contribution in [1.29, 1.82) is 0 Å². The zero-order valence-electron chi connectivity index (χ0n) is 19.2. The molecule has 1 saturated heterocycles. The summed E-state index contributed by atoms with van der Waals surface area (Å²) in [5.74, 6) is 1.68. The van der Waals surface area contributed by atoms with Gasteiger partial charge in [0, 0.05) is 31.7 Å². The highest BCUT2D eigenvalue weighted by Gasteiger charge is 2.24. The molecule has 1 fully saturated rings. The third-order valence-corrected chi connectivity index (χ3v) is 6.56. The fourth-order valence-corrected chi connectivity index (χ4v) is 4.78. The number of carbonyl (C=O) groups excluding carboxylic acids is 1. The summed E-state index contributed by atoms with van der Waals surface area (Å²) in [6.07, 6.45) is 0. The largest absolute Gasteiger partial charge is 0.493 e. The van der Waals surface area contributed by atoms with Crippen LogP contribution in [0.1, 0.15) is 17.3 Å². The summed E-state index contributed by atoms with van der Waals surface area (Å²) in [4.78, 5) is 22.6. The highest BCUT2D eigenvalue weighted by Crippen LogP contribution is 2.35. The molecule has 4 rings (SSSR count). The molecule has 2 heterocycles. The maximum atomic E-state index is 13.7. The molecular weight excluding hydrogens is 442 g/mol. The second-order valence-corrected chi connectivity index (χ2v) is 8.52. The van der Waals surface area contributed by atoms with E-state index in [-0.39, 0.29) is 5.91 Å². The maximum Gasteiger partial charge on any atom is 0.260 e. The van der Waals surface area contributed by atoms with Crippen LogP contribution in [0.2, 0.25) is 0 Å². The number of ether oxygens (including phenoxy) is 4. The fraction of sp³-hybridized carbons (Fsp3) is 0.417. The molecule has 0 bridgehead atoms. The zero-order chi connectivity index (χ0) is 23.2.